The molecule has 2 rings (SSSR count). The minimum Gasteiger partial charge on any atom is -0.494 e. The molecule has 0 saturated heterocycles. The van der Waals surface area contributed by atoms with Gasteiger partial charge in [-0.3, -0.25) is 5.41 Å². The lowest BCUT2D eigenvalue weighted by Gasteiger charge is -2.08. The van der Waals surface area contributed by atoms with Crippen molar-refractivity contribution in [2.24, 2.45) is 5.84 Å². The van der Waals surface area contributed by atoms with E-state index in [-0.39, 0.29) is 5.84 Å². The Hall–Kier alpha value is -2.33. The van der Waals surface area contributed by atoms with Gasteiger partial charge >= 0.3 is 0 Å². The lowest BCUT2D eigenvalue weighted by molar-refractivity contribution is 0.304. The molecule has 2 aromatic rings. The molecule has 0 amide bonds. The predicted molar refractivity (Wildman–Crippen MR) is 104 cm³/mol. The zero-order valence-corrected chi connectivity index (χ0v) is 14.8. The van der Waals surface area contributed by atoms with E-state index in [0.29, 0.717) is 0 Å². The Morgan fingerprint density at radius 1 is 0.840 bits per heavy atom. The number of hydrazine groups is 1. The molecule has 0 aromatic heterocycles. The van der Waals surface area contributed by atoms with Crippen LogP contribution in [0.1, 0.15) is 49.7 Å². The fraction of sp³-hybridized carbons (Fsp3) is 0.381. The summed E-state index contributed by atoms with van der Waals surface area (Å²) < 4.78 is 5.74. The average molecular weight is 339 g/mol. The smallest absolute Gasteiger partial charge is 0.139 e. The summed E-state index contributed by atoms with van der Waals surface area (Å²) in [6.07, 6.45) is 8.65. The summed E-state index contributed by atoms with van der Waals surface area (Å²) in [6.45, 7) is 0.746. The third kappa shape index (κ3) is 7.40. The highest BCUT2D eigenvalue weighted by Gasteiger charge is 2.00. The van der Waals surface area contributed by atoms with Crippen molar-refractivity contribution < 1.29 is 4.74 Å². The van der Waals surface area contributed by atoms with Gasteiger partial charge in [-0.2, -0.15) is 0 Å². The number of rotatable bonds is 11. The van der Waals surface area contributed by atoms with E-state index in [1.807, 2.05) is 24.3 Å². The molecule has 0 saturated carbocycles. The number of hydrogen-bond donors (Lipinski definition) is 3. The van der Waals surface area contributed by atoms with E-state index in [1.165, 1.54) is 44.1 Å². The first-order valence-corrected chi connectivity index (χ1v) is 9.12. The zero-order chi connectivity index (χ0) is 17.7. The average Bonchev–Trinajstić information content (AvgIpc) is 2.67. The largest absolute Gasteiger partial charge is 0.494 e. The molecule has 4 N–H and O–H groups in total. The van der Waals surface area contributed by atoms with Crippen molar-refractivity contribution in [3.05, 3.63) is 65.7 Å². The Kier molecular flexibility index (Phi) is 8.56. The van der Waals surface area contributed by atoms with Crippen LogP contribution in [0.5, 0.6) is 5.75 Å². The van der Waals surface area contributed by atoms with Crippen molar-refractivity contribution >= 4 is 5.84 Å². The third-order valence-corrected chi connectivity index (χ3v) is 4.26. The number of hydrogen-bond acceptors (Lipinski definition) is 3. The SMILES string of the molecule is N=C(NN)c1ccc(OCCCCCCCCc2ccccc2)cc1. The Morgan fingerprint density at radius 2 is 1.48 bits per heavy atom. The highest BCUT2D eigenvalue weighted by molar-refractivity contribution is 5.95. The molecule has 2 aromatic carbocycles. The van der Waals surface area contributed by atoms with Gasteiger partial charge in [-0.25, -0.2) is 5.84 Å². The summed E-state index contributed by atoms with van der Waals surface area (Å²) in [5, 5.41) is 7.58. The number of ether oxygens (including phenoxy) is 1. The van der Waals surface area contributed by atoms with Crippen molar-refractivity contribution in [1.82, 2.24) is 5.43 Å². The minimum absolute atomic E-state index is 0.207. The molecule has 0 spiro atoms. The summed E-state index contributed by atoms with van der Waals surface area (Å²) in [6, 6.07) is 18.1. The van der Waals surface area contributed by atoms with Gasteiger partial charge < -0.3 is 10.2 Å². The van der Waals surface area contributed by atoms with E-state index in [0.717, 1.165) is 24.3 Å². The van der Waals surface area contributed by atoms with Crippen LogP contribution in [0.2, 0.25) is 0 Å². The summed E-state index contributed by atoms with van der Waals surface area (Å²) in [5.41, 5.74) is 4.53. The van der Waals surface area contributed by atoms with Gasteiger partial charge in [0.05, 0.1) is 6.61 Å². The monoisotopic (exact) mass is 339 g/mol. The number of amidine groups is 1. The molecule has 0 fully saturated rings. The first kappa shape index (κ1) is 19.0. The first-order chi connectivity index (χ1) is 12.3. The second-order valence-electron chi connectivity index (χ2n) is 6.25. The highest BCUT2D eigenvalue weighted by Crippen LogP contribution is 2.14. The van der Waals surface area contributed by atoms with Crippen LogP contribution in [0.25, 0.3) is 0 Å². The fourth-order valence-corrected chi connectivity index (χ4v) is 2.77. The summed E-state index contributed by atoms with van der Waals surface area (Å²) in [4.78, 5) is 0. The van der Waals surface area contributed by atoms with E-state index < -0.39 is 0 Å². The molecule has 0 aliphatic rings. The molecular weight excluding hydrogens is 310 g/mol. The van der Waals surface area contributed by atoms with Crippen LogP contribution in [0.4, 0.5) is 0 Å². The molecule has 0 heterocycles. The Bertz CT molecular complexity index is 611. The van der Waals surface area contributed by atoms with Gasteiger partial charge in [0.2, 0.25) is 0 Å². The predicted octanol–water partition coefficient (Wildman–Crippen LogP) is 4.44. The molecule has 0 unspecified atom stereocenters. The summed E-state index contributed by atoms with van der Waals surface area (Å²) >= 11 is 0. The van der Waals surface area contributed by atoms with Crippen molar-refractivity contribution in [1.29, 1.82) is 5.41 Å². The number of aryl methyl sites for hydroxylation is 1. The Morgan fingerprint density at radius 3 is 2.16 bits per heavy atom. The van der Waals surface area contributed by atoms with E-state index in [1.54, 1.807) is 0 Å². The molecule has 0 atom stereocenters. The lowest BCUT2D eigenvalue weighted by Crippen LogP contribution is -2.29. The Balaban J connectivity index is 1.47. The maximum atomic E-state index is 7.58. The normalized spacial score (nSPS) is 10.4. The van der Waals surface area contributed by atoms with Crippen molar-refractivity contribution in [3.63, 3.8) is 0 Å². The lowest BCUT2D eigenvalue weighted by atomic mass is 10.1. The second-order valence-corrected chi connectivity index (χ2v) is 6.25. The third-order valence-electron chi connectivity index (χ3n) is 4.26. The second kappa shape index (κ2) is 11.3. The molecule has 4 heteroatoms. The molecule has 0 aliphatic carbocycles. The quantitative estimate of drug-likeness (QED) is 0.186. The van der Waals surface area contributed by atoms with Gasteiger partial charge in [0.1, 0.15) is 11.6 Å². The molecule has 4 nitrogen and oxygen atoms in total. The molecule has 134 valence electrons. The van der Waals surface area contributed by atoms with Gasteiger partial charge in [-0.05, 0) is 49.1 Å². The van der Waals surface area contributed by atoms with Gasteiger partial charge in [0.15, 0.2) is 0 Å². The van der Waals surface area contributed by atoms with Crippen LogP contribution in [0.15, 0.2) is 54.6 Å². The fourth-order valence-electron chi connectivity index (χ4n) is 2.77. The van der Waals surface area contributed by atoms with Crippen molar-refractivity contribution in [2.75, 3.05) is 6.61 Å². The highest BCUT2D eigenvalue weighted by atomic mass is 16.5. The van der Waals surface area contributed by atoms with Crippen molar-refractivity contribution in [2.45, 2.75) is 44.9 Å². The Labute approximate surface area is 150 Å². The number of benzene rings is 2. The van der Waals surface area contributed by atoms with E-state index in [4.69, 9.17) is 16.0 Å². The van der Waals surface area contributed by atoms with E-state index >= 15 is 0 Å². The molecule has 25 heavy (non-hydrogen) atoms. The van der Waals surface area contributed by atoms with Gasteiger partial charge in [0, 0.05) is 5.56 Å². The topological polar surface area (TPSA) is 71.1 Å². The van der Waals surface area contributed by atoms with Crippen LogP contribution >= 0.6 is 0 Å². The maximum Gasteiger partial charge on any atom is 0.139 e. The molecule has 0 bridgehead atoms. The number of nitrogens with one attached hydrogen (secondary N) is 2. The van der Waals surface area contributed by atoms with Crippen LogP contribution < -0.4 is 16.0 Å². The zero-order valence-electron chi connectivity index (χ0n) is 14.8. The number of nitrogens with two attached hydrogens (primary N) is 1. The standard InChI is InChI=1S/C21H29N3O/c22-21(24-23)19-13-15-20(16-14-19)25-17-9-4-2-1-3-6-10-18-11-7-5-8-12-18/h5,7-8,11-16H,1-4,6,9-10,17,23H2,(H2,22,24). The van der Waals surface area contributed by atoms with Gasteiger partial charge in [0.25, 0.3) is 0 Å². The van der Waals surface area contributed by atoms with Crippen LogP contribution in [0, 0.1) is 5.41 Å². The van der Waals surface area contributed by atoms with Crippen LogP contribution in [-0.4, -0.2) is 12.4 Å². The molecular formula is C21H29N3O. The minimum atomic E-state index is 0.207. The van der Waals surface area contributed by atoms with E-state index in [2.05, 4.69) is 35.8 Å². The van der Waals surface area contributed by atoms with Crippen molar-refractivity contribution in [3.8, 4) is 5.75 Å². The van der Waals surface area contributed by atoms with Gasteiger partial charge in [-0.15, -0.1) is 0 Å². The summed E-state index contributed by atoms with van der Waals surface area (Å²) in [7, 11) is 0. The van der Waals surface area contributed by atoms with Crippen LogP contribution in [0.3, 0.4) is 0 Å². The first-order valence-electron chi connectivity index (χ1n) is 9.12. The molecule has 0 radical (unpaired) electrons. The van der Waals surface area contributed by atoms with E-state index in [9.17, 15) is 0 Å². The van der Waals surface area contributed by atoms with Gasteiger partial charge in [-0.1, -0.05) is 56.0 Å². The maximum absolute atomic E-state index is 7.58. The number of unbranched alkanes of at least 4 members (excludes halogenated alkanes) is 5. The van der Waals surface area contributed by atoms with Crippen LogP contribution in [-0.2, 0) is 6.42 Å². The summed E-state index contributed by atoms with van der Waals surface area (Å²) in [5.74, 6) is 6.27. The molecule has 0 aliphatic heterocycles.